The van der Waals surface area contributed by atoms with Gasteiger partial charge in [-0.05, 0) is 42.9 Å². The molecule has 0 atom stereocenters. The topological polar surface area (TPSA) is 44.0 Å². The lowest BCUT2D eigenvalue weighted by Crippen LogP contribution is -2.58. The van der Waals surface area contributed by atoms with Crippen molar-refractivity contribution in [1.82, 2.24) is 0 Å². The fourth-order valence-corrected chi connectivity index (χ4v) is 4.62. The summed E-state index contributed by atoms with van der Waals surface area (Å²) in [4.78, 5) is 0. The van der Waals surface area contributed by atoms with Gasteiger partial charge in [0.15, 0.2) is 0 Å². The van der Waals surface area contributed by atoms with Crippen LogP contribution in [0, 0.1) is 27.6 Å². The number of aliphatic hydroxyl groups is 1. The molecule has 2 fully saturated rings. The van der Waals surface area contributed by atoms with E-state index in [0.29, 0.717) is 0 Å². The Balaban J connectivity index is 2.34. The molecule has 0 unspecified atom stereocenters. The number of nitrogens with zero attached hydrogens (tertiary/aromatic N) is 1. The third kappa shape index (κ3) is 1.99. The Bertz CT molecular complexity index is 342. The van der Waals surface area contributed by atoms with E-state index in [1.165, 1.54) is 0 Å². The van der Waals surface area contributed by atoms with Crippen LogP contribution < -0.4 is 0 Å². The van der Waals surface area contributed by atoms with Gasteiger partial charge >= 0.3 is 0 Å². The first kappa shape index (κ1) is 12.9. The Kier molecular flexibility index (Phi) is 2.64. The largest absolute Gasteiger partial charge is 0.388 e. The molecule has 1 N–H and O–H groups in total. The lowest BCUT2D eigenvalue weighted by Gasteiger charge is -2.58. The van der Waals surface area contributed by atoms with Crippen LogP contribution in [0.25, 0.3) is 0 Å². The number of rotatable bonds is 1. The highest BCUT2D eigenvalue weighted by molar-refractivity contribution is 5.19. The monoisotopic (exact) mass is 235 g/mol. The van der Waals surface area contributed by atoms with Crippen molar-refractivity contribution >= 4 is 0 Å². The van der Waals surface area contributed by atoms with E-state index in [1.807, 2.05) is 0 Å². The van der Waals surface area contributed by atoms with Crippen molar-refractivity contribution in [2.24, 2.45) is 16.2 Å². The summed E-state index contributed by atoms with van der Waals surface area (Å²) in [6, 6.07) is 2.45. The fourth-order valence-electron chi connectivity index (χ4n) is 4.62. The van der Waals surface area contributed by atoms with E-state index in [9.17, 15) is 10.4 Å². The summed E-state index contributed by atoms with van der Waals surface area (Å²) in [5, 5.41) is 20.6. The van der Waals surface area contributed by atoms with Gasteiger partial charge in [0.1, 0.15) is 0 Å². The van der Waals surface area contributed by atoms with Crippen molar-refractivity contribution in [3.63, 3.8) is 0 Å². The third-order valence-corrected chi connectivity index (χ3v) is 4.81. The highest BCUT2D eigenvalue weighted by Crippen LogP contribution is 2.61. The van der Waals surface area contributed by atoms with Crippen LogP contribution >= 0.6 is 0 Å². The minimum atomic E-state index is -0.773. The van der Waals surface area contributed by atoms with Crippen LogP contribution in [0.5, 0.6) is 0 Å². The average Bonchev–Trinajstić information content (AvgIpc) is 1.93. The Morgan fingerprint density at radius 1 is 0.941 bits per heavy atom. The van der Waals surface area contributed by atoms with E-state index in [2.05, 4.69) is 33.8 Å². The van der Waals surface area contributed by atoms with Crippen molar-refractivity contribution in [2.45, 2.75) is 71.8 Å². The Morgan fingerprint density at radius 2 is 1.41 bits per heavy atom. The molecule has 96 valence electrons. The molecule has 0 saturated heterocycles. The van der Waals surface area contributed by atoms with Crippen molar-refractivity contribution in [1.29, 1.82) is 5.26 Å². The van der Waals surface area contributed by atoms with Crippen LogP contribution in [0.3, 0.4) is 0 Å². The van der Waals surface area contributed by atoms with Crippen LogP contribution in [0.4, 0.5) is 0 Å². The molecule has 2 nitrogen and oxygen atoms in total. The van der Waals surface area contributed by atoms with Crippen LogP contribution in [-0.4, -0.2) is 10.7 Å². The molecule has 2 heteroatoms. The van der Waals surface area contributed by atoms with Gasteiger partial charge < -0.3 is 5.11 Å². The molecule has 2 saturated carbocycles. The number of hydrogen-bond acceptors (Lipinski definition) is 2. The van der Waals surface area contributed by atoms with Crippen molar-refractivity contribution in [3.05, 3.63) is 0 Å². The molecule has 17 heavy (non-hydrogen) atoms. The molecule has 0 heterocycles. The summed E-state index contributed by atoms with van der Waals surface area (Å²) in [6.45, 7) is 8.90. The van der Waals surface area contributed by atoms with Crippen molar-refractivity contribution in [2.75, 3.05) is 0 Å². The first-order valence-electron chi connectivity index (χ1n) is 6.78. The van der Waals surface area contributed by atoms with Crippen LogP contribution in [0.15, 0.2) is 0 Å². The average molecular weight is 235 g/mol. The second kappa shape index (κ2) is 3.48. The minimum Gasteiger partial charge on any atom is -0.388 e. The molecule has 0 amide bonds. The van der Waals surface area contributed by atoms with Gasteiger partial charge in [-0.25, -0.2) is 0 Å². The first-order valence-corrected chi connectivity index (χ1v) is 6.78. The Hall–Kier alpha value is -0.550. The van der Waals surface area contributed by atoms with Gasteiger partial charge in [-0.3, -0.25) is 0 Å². The van der Waals surface area contributed by atoms with Gasteiger partial charge in [-0.1, -0.05) is 34.1 Å². The fraction of sp³-hybridized carbons (Fsp3) is 0.933. The van der Waals surface area contributed by atoms with Crippen molar-refractivity contribution < 1.29 is 5.11 Å². The summed E-state index contributed by atoms with van der Waals surface area (Å²) in [7, 11) is 0. The Labute approximate surface area is 105 Å². The summed E-state index contributed by atoms with van der Waals surface area (Å²) >= 11 is 0. The molecule has 2 aliphatic carbocycles. The van der Waals surface area contributed by atoms with Crippen molar-refractivity contribution in [3.8, 4) is 6.07 Å². The van der Waals surface area contributed by atoms with E-state index >= 15 is 0 Å². The van der Waals surface area contributed by atoms with Crippen LogP contribution in [0.2, 0.25) is 0 Å². The van der Waals surface area contributed by atoms with Gasteiger partial charge in [0, 0.05) is 0 Å². The number of hydrogen-bond donors (Lipinski definition) is 1. The zero-order chi connectivity index (χ0) is 12.9. The molecule has 0 aromatic rings. The molecular formula is C15H25NO. The quantitative estimate of drug-likeness (QED) is 0.754. The van der Waals surface area contributed by atoms with Gasteiger partial charge in [0.2, 0.25) is 0 Å². The van der Waals surface area contributed by atoms with Gasteiger partial charge in [-0.15, -0.1) is 0 Å². The molecule has 2 rings (SSSR count). The highest BCUT2D eigenvalue weighted by atomic mass is 16.3. The predicted octanol–water partition coefficient (Wildman–Crippen LogP) is 3.65. The van der Waals surface area contributed by atoms with E-state index in [4.69, 9.17) is 0 Å². The number of nitriles is 1. The maximum absolute atomic E-state index is 11.1. The molecule has 0 spiro atoms. The standard InChI is InChI=1S/C15H25NO/c1-12(2)8-13(3,4)10-15(17,9-12)14(11-16)6-5-7-14/h17H,5-10H2,1-4H3. The van der Waals surface area contributed by atoms with Gasteiger partial charge in [0.05, 0.1) is 17.1 Å². The Morgan fingerprint density at radius 3 is 1.71 bits per heavy atom. The second-order valence-electron chi connectivity index (χ2n) is 7.94. The lowest BCUT2D eigenvalue weighted by atomic mass is 9.48. The predicted molar refractivity (Wildman–Crippen MR) is 68.3 cm³/mol. The molecule has 0 bridgehead atoms. The highest BCUT2D eigenvalue weighted by Gasteiger charge is 2.60. The molecule has 0 aromatic carbocycles. The normalized spacial score (nSPS) is 32.2. The van der Waals surface area contributed by atoms with Crippen LogP contribution in [0.1, 0.15) is 66.2 Å². The lowest BCUT2D eigenvalue weighted by molar-refractivity contribution is -0.168. The van der Waals surface area contributed by atoms with E-state index in [-0.39, 0.29) is 10.8 Å². The molecule has 0 aromatic heterocycles. The smallest absolute Gasteiger partial charge is 0.0860 e. The van der Waals surface area contributed by atoms with E-state index in [1.54, 1.807) is 0 Å². The van der Waals surface area contributed by atoms with Gasteiger partial charge in [0.25, 0.3) is 0 Å². The zero-order valence-electron chi connectivity index (χ0n) is 11.6. The maximum atomic E-state index is 11.1. The summed E-state index contributed by atoms with van der Waals surface area (Å²) < 4.78 is 0. The molecular weight excluding hydrogens is 210 g/mol. The molecule has 0 radical (unpaired) electrons. The molecule has 2 aliphatic rings. The first-order chi connectivity index (χ1) is 7.64. The minimum absolute atomic E-state index is 0.135. The summed E-state index contributed by atoms with van der Waals surface area (Å²) in [5.41, 5.74) is -0.959. The van der Waals surface area contributed by atoms with E-state index in [0.717, 1.165) is 38.5 Å². The maximum Gasteiger partial charge on any atom is 0.0860 e. The zero-order valence-corrected chi connectivity index (χ0v) is 11.6. The molecule has 0 aliphatic heterocycles. The van der Waals surface area contributed by atoms with E-state index < -0.39 is 11.0 Å². The van der Waals surface area contributed by atoms with Crippen LogP contribution in [-0.2, 0) is 0 Å². The second-order valence-corrected chi connectivity index (χ2v) is 7.94. The van der Waals surface area contributed by atoms with Gasteiger partial charge in [-0.2, -0.15) is 5.26 Å². The SMILES string of the molecule is CC1(C)CC(C)(C)CC(O)(C2(C#N)CCC2)C1. The summed E-state index contributed by atoms with van der Waals surface area (Å²) in [6.07, 6.45) is 5.53. The summed E-state index contributed by atoms with van der Waals surface area (Å²) in [5.74, 6) is 0. The third-order valence-electron chi connectivity index (χ3n) is 4.81.